The van der Waals surface area contributed by atoms with Crippen molar-refractivity contribution in [1.29, 1.82) is 0 Å². The van der Waals surface area contributed by atoms with Gasteiger partial charge in [0.2, 0.25) is 0 Å². The Hall–Kier alpha value is -2.43. The van der Waals surface area contributed by atoms with Crippen LogP contribution in [-0.4, -0.2) is 26.1 Å². The Labute approximate surface area is 117 Å². The number of fused-ring (bicyclic) bond motifs is 1. The molecule has 3 heterocycles. The summed E-state index contributed by atoms with van der Waals surface area (Å²) in [6.07, 6.45) is 5.74. The fourth-order valence-corrected chi connectivity index (χ4v) is 2.20. The lowest BCUT2D eigenvalue weighted by Crippen LogP contribution is -2.05. The van der Waals surface area contributed by atoms with Crippen molar-refractivity contribution >= 4 is 11.3 Å². The van der Waals surface area contributed by atoms with Crippen LogP contribution >= 0.6 is 0 Å². The fourth-order valence-electron chi connectivity index (χ4n) is 2.20. The van der Waals surface area contributed by atoms with Crippen molar-refractivity contribution in [2.75, 3.05) is 11.9 Å². The van der Waals surface area contributed by atoms with E-state index in [1.54, 1.807) is 0 Å². The van der Waals surface area contributed by atoms with E-state index in [1.807, 2.05) is 54.0 Å². The minimum atomic E-state index is 0.903. The Kier molecular flexibility index (Phi) is 3.58. The van der Waals surface area contributed by atoms with Crippen LogP contribution in [0.3, 0.4) is 0 Å². The van der Waals surface area contributed by atoms with Gasteiger partial charge in [-0.3, -0.25) is 9.38 Å². The lowest BCUT2D eigenvalue weighted by molar-refractivity contribution is 0.788. The maximum Gasteiger partial charge on any atom is 0.160 e. The van der Waals surface area contributed by atoms with Gasteiger partial charge in [-0.1, -0.05) is 6.07 Å². The SMILES string of the molecule is Cc1cc(NCCCc2nnc3ccccn23)ccn1. The van der Waals surface area contributed by atoms with Gasteiger partial charge in [-0.2, -0.15) is 0 Å². The molecule has 3 rings (SSSR count). The molecule has 0 aliphatic carbocycles. The van der Waals surface area contributed by atoms with Gasteiger partial charge < -0.3 is 5.32 Å². The quantitative estimate of drug-likeness (QED) is 0.722. The molecule has 0 unspecified atom stereocenters. The Morgan fingerprint density at radius 1 is 1.20 bits per heavy atom. The van der Waals surface area contributed by atoms with E-state index < -0.39 is 0 Å². The van der Waals surface area contributed by atoms with E-state index in [1.165, 1.54) is 0 Å². The number of hydrogen-bond donors (Lipinski definition) is 1. The molecule has 0 aromatic carbocycles. The van der Waals surface area contributed by atoms with E-state index in [9.17, 15) is 0 Å². The second kappa shape index (κ2) is 5.69. The lowest BCUT2D eigenvalue weighted by Gasteiger charge is -2.06. The Balaban J connectivity index is 1.55. The van der Waals surface area contributed by atoms with E-state index >= 15 is 0 Å². The first kappa shape index (κ1) is 12.6. The van der Waals surface area contributed by atoms with E-state index in [-0.39, 0.29) is 0 Å². The molecule has 0 aliphatic heterocycles. The van der Waals surface area contributed by atoms with Crippen molar-refractivity contribution in [3.05, 3.63) is 54.2 Å². The summed E-state index contributed by atoms with van der Waals surface area (Å²) in [5, 5.41) is 11.8. The average molecular weight is 267 g/mol. The van der Waals surface area contributed by atoms with E-state index in [2.05, 4.69) is 20.5 Å². The summed E-state index contributed by atoms with van der Waals surface area (Å²) in [5.41, 5.74) is 3.04. The van der Waals surface area contributed by atoms with Crippen molar-refractivity contribution in [2.24, 2.45) is 0 Å². The Morgan fingerprint density at radius 3 is 3.05 bits per heavy atom. The first-order valence-corrected chi connectivity index (χ1v) is 6.78. The molecule has 20 heavy (non-hydrogen) atoms. The molecule has 0 radical (unpaired) electrons. The zero-order chi connectivity index (χ0) is 13.8. The highest BCUT2D eigenvalue weighted by atomic mass is 15.2. The summed E-state index contributed by atoms with van der Waals surface area (Å²) >= 11 is 0. The van der Waals surface area contributed by atoms with E-state index in [0.717, 1.165) is 42.2 Å². The molecule has 0 saturated carbocycles. The highest BCUT2D eigenvalue weighted by Crippen LogP contribution is 2.08. The third-order valence-electron chi connectivity index (χ3n) is 3.19. The first-order chi connectivity index (χ1) is 9.83. The maximum atomic E-state index is 4.23. The third-order valence-corrected chi connectivity index (χ3v) is 3.19. The van der Waals surface area contributed by atoms with Crippen LogP contribution in [0.15, 0.2) is 42.7 Å². The minimum Gasteiger partial charge on any atom is -0.385 e. The van der Waals surface area contributed by atoms with Crippen LogP contribution in [0, 0.1) is 6.92 Å². The first-order valence-electron chi connectivity index (χ1n) is 6.78. The molecule has 0 bridgehead atoms. The van der Waals surface area contributed by atoms with Gasteiger partial charge in [0.25, 0.3) is 0 Å². The molecular formula is C15H17N5. The molecule has 3 aromatic heterocycles. The van der Waals surface area contributed by atoms with Crippen LogP contribution in [0.2, 0.25) is 0 Å². The summed E-state index contributed by atoms with van der Waals surface area (Å²) < 4.78 is 2.04. The van der Waals surface area contributed by atoms with Gasteiger partial charge in [-0.05, 0) is 37.6 Å². The predicted molar refractivity (Wildman–Crippen MR) is 78.8 cm³/mol. The number of nitrogens with one attached hydrogen (secondary N) is 1. The van der Waals surface area contributed by atoms with Gasteiger partial charge in [0.1, 0.15) is 5.82 Å². The molecule has 0 spiro atoms. The van der Waals surface area contributed by atoms with Gasteiger partial charge in [0.15, 0.2) is 5.65 Å². The minimum absolute atomic E-state index is 0.903. The number of hydrogen-bond acceptors (Lipinski definition) is 4. The fraction of sp³-hybridized carbons (Fsp3) is 0.267. The van der Waals surface area contributed by atoms with Crippen molar-refractivity contribution in [3.8, 4) is 0 Å². The highest BCUT2D eigenvalue weighted by Gasteiger charge is 2.03. The van der Waals surface area contributed by atoms with Crippen LogP contribution in [0.25, 0.3) is 5.65 Å². The summed E-state index contributed by atoms with van der Waals surface area (Å²) in [6.45, 7) is 2.90. The van der Waals surface area contributed by atoms with Gasteiger partial charge >= 0.3 is 0 Å². The molecule has 3 aromatic rings. The smallest absolute Gasteiger partial charge is 0.160 e. The van der Waals surface area contributed by atoms with Crippen molar-refractivity contribution < 1.29 is 0 Å². The number of rotatable bonds is 5. The van der Waals surface area contributed by atoms with Gasteiger partial charge in [0, 0.05) is 36.7 Å². The number of nitrogens with zero attached hydrogens (tertiary/aromatic N) is 4. The van der Waals surface area contributed by atoms with Crippen LogP contribution < -0.4 is 5.32 Å². The standard InChI is InChI=1S/C15H17N5/c1-12-11-13(7-9-16-12)17-8-4-6-15-19-18-14-5-2-3-10-20(14)15/h2-3,5,7,9-11H,4,6,8H2,1H3,(H,16,17). The van der Waals surface area contributed by atoms with Crippen molar-refractivity contribution in [3.63, 3.8) is 0 Å². The second-order valence-corrected chi connectivity index (χ2v) is 4.76. The van der Waals surface area contributed by atoms with Gasteiger partial charge in [0.05, 0.1) is 0 Å². The lowest BCUT2D eigenvalue weighted by atomic mass is 10.2. The highest BCUT2D eigenvalue weighted by molar-refractivity contribution is 5.42. The number of anilines is 1. The molecule has 102 valence electrons. The van der Waals surface area contributed by atoms with Crippen molar-refractivity contribution in [1.82, 2.24) is 19.6 Å². The van der Waals surface area contributed by atoms with Gasteiger partial charge in [-0.15, -0.1) is 10.2 Å². The summed E-state index contributed by atoms with van der Waals surface area (Å²) in [5.74, 6) is 1.01. The molecule has 1 N–H and O–H groups in total. The zero-order valence-electron chi connectivity index (χ0n) is 11.5. The topological polar surface area (TPSA) is 55.1 Å². The summed E-state index contributed by atoms with van der Waals surface area (Å²) in [6, 6.07) is 9.97. The molecule has 0 amide bonds. The number of aromatic nitrogens is 4. The average Bonchev–Trinajstić information content (AvgIpc) is 2.87. The monoisotopic (exact) mass is 267 g/mol. The molecule has 5 heteroatoms. The molecule has 0 saturated heterocycles. The van der Waals surface area contributed by atoms with Crippen LogP contribution in [0.4, 0.5) is 5.69 Å². The summed E-state index contributed by atoms with van der Waals surface area (Å²) in [4.78, 5) is 4.18. The molecule has 0 atom stereocenters. The maximum absolute atomic E-state index is 4.23. The van der Waals surface area contributed by atoms with Crippen molar-refractivity contribution in [2.45, 2.75) is 19.8 Å². The predicted octanol–water partition coefficient (Wildman–Crippen LogP) is 2.48. The van der Waals surface area contributed by atoms with Gasteiger partial charge in [-0.25, -0.2) is 0 Å². The molecule has 5 nitrogen and oxygen atoms in total. The molecule has 0 fully saturated rings. The third kappa shape index (κ3) is 2.77. The molecular weight excluding hydrogens is 250 g/mol. The number of pyridine rings is 2. The van der Waals surface area contributed by atoms with Crippen LogP contribution in [0.5, 0.6) is 0 Å². The van der Waals surface area contributed by atoms with E-state index in [4.69, 9.17) is 0 Å². The Bertz CT molecular complexity index is 704. The second-order valence-electron chi connectivity index (χ2n) is 4.76. The Morgan fingerprint density at radius 2 is 2.15 bits per heavy atom. The van der Waals surface area contributed by atoms with Crippen LogP contribution in [-0.2, 0) is 6.42 Å². The normalized spacial score (nSPS) is 10.8. The van der Waals surface area contributed by atoms with Crippen LogP contribution in [0.1, 0.15) is 17.9 Å². The number of aryl methyl sites for hydroxylation is 2. The largest absolute Gasteiger partial charge is 0.385 e. The van der Waals surface area contributed by atoms with E-state index in [0.29, 0.717) is 0 Å². The zero-order valence-corrected chi connectivity index (χ0v) is 11.5. The summed E-state index contributed by atoms with van der Waals surface area (Å²) in [7, 11) is 0. The molecule has 0 aliphatic rings.